The maximum Gasteiger partial charge on any atom is 0.255 e. The van der Waals surface area contributed by atoms with Gasteiger partial charge in [-0.15, -0.1) is 0 Å². The van der Waals surface area contributed by atoms with Gasteiger partial charge in [0.1, 0.15) is 0 Å². The number of carbonyl (C=O) groups is 1. The van der Waals surface area contributed by atoms with E-state index < -0.39 is 10.0 Å². The van der Waals surface area contributed by atoms with Crippen LogP contribution in [0.25, 0.3) is 11.1 Å². The molecule has 3 aromatic carbocycles. The Morgan fingerprint density at radius 2 is 1.58 bits per heavy atom. The number of para-hydroxylation sites is 1. The number of piperidine rings is 1. The Morgan fingerprint density at radius 3 is 2.29 bits per heavy atom. The highest BCUT2D eigenvalue weighted by Crippen LogP contribution is 2.28. The van der Waals surface area contributed by atoms with Crippen molar-refractivity contribution in [3.63, 3.8) is 0 Å². The zero-order valence-electron chi connectivity index (χ0n) is 17.5. The lowest BCUT2D eigenvalue weighted by molar-refractivity contribution is 0.102. The molecule has 3 aromatic rings. The van der Waals surface area contributed by atoms with Gasteiger partial charge in [0.2, 0.25) is 10.0 Å². The van der Waals surface area contributed by atoms with Crippen LogP contribution < -0.4 is 5.32 Å². The Hall–Kier alpha value is -2.96. The van der Waals surface area contributed by atoms with Crippen molar-refractivity contribution in [2.45, 2.75) is 37.1 Å². The Balaban J connectivity index is 1.54. The highest BCUT2D eigenvalue weighted by Gasteiger charge is 2.30. The number of anilines is 1. The first kappa shape index (κ1) is 21.3. The van der Waals surface area contributed by atoms with Crippen molar-refractivity contribution in [2.24, 2.45) is 0 Å². The molecule has 0 spiro atoms. The van der Waals surface area contributed by atoms with Gasteiger partial charge in [-0.3, -0.25) is 4.79 Å². The molecule has 4 rings (SSSR count). The third-order valence-corrected chi connectivity index (χ3v) is 7.75. The number of amides is 1. The normalized spacial score (nSPS) is 17.3. The molecule has 1 aliphatic rings. The van der Waals surface area contributed by atoms with E-state index in [9.17, 15) is 13.2 Å². The van der Waals surface area contributed by atoms with Gasteiger partial charge < -0.3 is 5.32 Å². The third kappa shape index (κ3) is 4.55. The lowest BCUT2D eigenvalue weighted by Crippen LogP contribution is -2.41. The highest BCUT2D eigenvalue weighted by molar-refractivity contribution is 7.89. The molecule has 1 saturated heterocycles. The van der Waals surface area contributed by atoms with Gasteiger partial charge in [-0.2, -0.15) is 4.31 Å². The van der Waals surface area contributed by atoms with Crippen molar-refractivity contribution < 1.29 is 13.2 Å². The SMILES string of the molecule is CC1CCCCN1S(=O)(=O)c1ccc(C(=O)Nc2ccccc2-c2ccccc2)cc1. The van der Waals surface area contributed by atoms with Crippen LogP contribution in [0, 0.1) is 0 Å². The van der Waals surface area contributed by atoms with Crippen molar-refractivity contribution in [3.05, 3.63) is 84.4 Å². The van der Waals surface area contributed by atoms with Crippen LogP contribution in [-0.2, 0) is 10.0 Å². The maximum atomic E-state index is 13.0. The summed E-state index contributed by atoms with van der Waals surface area (Å²) in [7, 11) is -3.55. The van der Waals surface area contributed by atoms with Crippen LogP contribution in [0.1, 0.15) is 36.5 Å². The van der Waals surface area contributed by atoms with Gasteiger partial charge in [-0.1, -0.05) is 55.0 Å². The molecule has 0 bridgehead atoms. The largest absolute Gasteiger partial charge is 0.321 e. The average Bonchev–Trinajstić information content (AvgIpc) is 2.80. The van der Waals surface area contributed by atoms with E-state index in [1.165, 1.54) is 12.1 Å². The van der Waals surface area contributed by atoms with Crippen LogP contribution in [-0.4, -0.2) is 31.2 Å². The molecule has 5 nitrogen and oxygen atoms in total. The topological polar surface area (TPSA) is 66.5 Å². The number of benzene rings is 3. The van der Waals surface area contributed by atoms with Gasteiger partial charge in [0.25, 0.3) is 5.91 Å². The fourth-order valence-electron chi connectivity index (χ4n) is 4.00. The monoisotopic (exact) mass is 434 g/mol. The lowest BCUT2D eigenvalue weighted by Gasteiger charge is -2.32. The second-order valence-corrected chi connectivity index (χ2v) is 9.74. The molecule has 1 fully saturated rings. The third-order valence-electron chi connectivity index (χ3n) is 5.73. The number of carbonyl (C=O) groups excluding carboxylic acids is 1. The molecule has 6 heteroatoms. The summed E-state index contributed by atoms with van der Waals surface area (Å²) >= 11 is 0. The molecular formula is C25H26N2O3S. The predicted octanol–water partition coefficient (Wildman–Crippen LogP) is 5.17. The van der Waals surface area contributed by atoms with Gasteiger partial charge in [0.15, 0.2) is 0 Å². The van der Waals surface area contributed by atoms with Crippen molar-refractivity contribution in [1.29, 1.82) is 0 Å². The summed E-state index contributed by atoms with van der Waals surface area (Å²) in [6, 6.07) is 23.6. The van der Waals surface area contributed by atoms with E-state index in [-0.39, 0.29) is 16.8 Å². The van der Waals surface area contributed by atoms with Gasteiger partial charge in [0, 0.05) is 29.4 Å². The number of rotatable bonds is 5. The first-order chi connectivity index (χ1) is 15.0. The van der Waals surface area contributed by atoms with E-state index in [4.69, 9.17) is 0 Å². The molecule has 1 unspecified atom stereocenters. The molecular weight excluding hydrogens is 408 g/mol. The van der Waals surface area contributed by atoms with Crippen molar-refractivity contribution in [2.75, 3.05) is 11.9 Å². The molecule has 1 aliphatic heterocycles. The van der Waals surface area contributed by atoms with Crippen LogP contribution in [0.3, 0.4) is 0 Å². The highest BCUT2D eigenvalue weighted by atomic mass is 32.2. The summed E-state index contributed by atoms with van der Waals surface area (Å²) < 4.78 is 27.6. The van der Waals surface area contributed by atoms with Crippen LogP contribution in [0.5, 0.6) is 0 Å². The smallest absolute Gasteiger partial charge is 0.255 e. The number of nitrogens with one attached hydrogen (secondary N) is 1. The summed E-state index contributed by atoms with van der Waals surface area (Å²) in [5.74, 6) is -0.279. The molecule has 0 aliphatic carbocycles. The molecule has 1 atom stereocenters. The summed E-state index contributed by atoms with van der Waals surface area (Å²) in [4.78, 5) is 13.1. The van der Waals surface area contributed by atoms with E-state index in [0.29, 0.717) is 17.8 Å². The summed E-state index contributed by atoms with van der Waals surface area (Å²) in [5.41, 5.74) is 3.05. The summed E-state index contributed by atoms with van der Waals surface area (Å²) in [6.07, 6.45) is 2.81. The zero-order valence-corrected chi connectivity index (χ0v) is 18.3. The molecule has 0 aromatic heterocycles. The molecule has 0 radical (unpaired) electrons. The van der Waals surface area contributed by atoms with E-state index in [0.717, 1.165) is 30.4 Å². The minimum Gasteiger partial charge on any atom is -0.321 e. The van der Waals surface area contributed by atoms with Crippen LogP contribution >= 0.6 is 0 Å². The minimum atomic E-state index is -3.55. The fraction of sp³-hybridized carbons (Fsp3) is 0.240. The van der Waals surface area contributed by atoms with E-state index >= 15 is 0 Å². The van der Waals surface area contributed by atoms with Gasteiger partial charge in [-0.25, -0.2) is 8.42 Å². The second kappa shape index (κ2) is 9.04. The van der Waals surface area contributed by atoms with Crippen LogP contribution in [0.4, 0.5) is 5.69 Å². The first-order valence-corrected chi connectivity index (χ1v) is 12.0. The fourth-order valence-corrected chi connectivity index (χ4v) is 5.70. The lowest BCUT2D eigenvalue weighted by atomic mass is 10.0. The Kier molecular flexibility index (Phi) is 6.20. The standard InChI is InChI=1S/C25H26N2O3S/c1-19-9-7-8-18-27(19)31(29,30)22-16-14-21(15-17-22)25(28)26-24-13-6-5-12-23(24)20-10-3-2-4-11-20/h2-6,10-17,19H,7-9,18H2,1H3,(H,26,28). The number of sulfonamides is 1. The maximum absolute atomic E-state index is 13.0. The molecule has 160 valence electrons. The quantitative estimate of drug-likeness (QED) is 0.602. The van der Waals surface area contributed by atoms with Gasteiger partial charge in [-0.05, 0) is 55.7 Å². The van der Waals surface area contributed by atoms with Gasteiger partial charge in [0.05, 0.1) is 4.90 Å². The predicted molar refractivity (Wildman–Crippen MR) is 123 cm³/mol. The summed E-state index contributed by atoms with van der Waals surface area (Å²) in [5, 5.41) is 2.96. The first-order valence-electron chi connectivity index (χ1n) is 10.5. The van der Waals surface area contributed by atoms with Crippen molar-refractivity contribution >= 4 is 21.6 Å². The molecule has 1 heterocycles. The van der Waals surface area contributed by atoms with E-state index in [1.807, 2.05) is 61.5 Å². The minimum absolute atomic E-state index is 0.00351. The molecule has 1 amide bonds. The van der Waals surface area contributed by atoms with E-state index in [2.05, 4.69) is 5.32 Å². The number of hydrogen-bond donors (Lipinski definition) is 1. The Bertz CT molecular complexity index is 1160. The Labute approximate surface area is 183 Å². The van der Waals surface area contributed by atoms with Crippen molar-refractivity contribution in [1.82, 2.24) is 4.31 Å². The summed E-state index contributed by atoms with van der Waals surface area (Å²) in [6.45, 7) is 2.49. The van der Waals surface area contributed by atoms with Crippen LogP contribution in [0.2, 0.25) is 0 Å². The molecule has 1 N–H and O–H groups in total. The zero-order chi connectivity index (χ0) is 21.8. The number of nitrogens with zero attached hydrogens (tertiary/aromatic N) is 1. The molecule has 31 heavy (non-hydrogen) atoms. The second-order valence-electron chi connectivity index (χ2n) is 7.85. The van der Waals surface area contributed by atoms with Crippen LogP contribution in [0.15, 0.2) is 83.8 Å². The Morgan fingerprint density at radius 1 is 0.903 bits per heavy atom. The molecule has 0 saturated carbocycles. The average molecular weight is 435 g/mol. The van der Waals surface area contributed by atoms with Gasteiger partial charge >= 0.3 is 0 Å². The van der Waals surface area contributed by atoms with E-state index in [1.54, 1.807) is 16.4 Å². The number of hydrogen-bond acceptors (Lipinski definition) is 3. The van der Waals surface area contributed by atoms with Crippen molar-refractivity contribution in [3.8, 4) is 11.1 Å².